The summed E-state index contributed by atoms with van der Waals surface area (Å²) in [5, 5.41) is 18.8. The van der Waals surface area contributed by atoms with Crippen LogP contribution in [0, 0.1) is 10.1 Å². The van der Waals surface area contributed by atoms with Crippen molar-refractivity contribution >= 4 is 51.9 Å². The van der Waals surface area contributed by atoms with Crippen LogP contribution >= 0.6 is 11.6 Å². The Bertz CT molecular complexity index is 1060. The molecule has 3 aromatic carbocycles. The van der Waals surface area contributed by atoms with E-state index in [1.165, 1.54) is 12.1 Å². The van der Waals surface area contributed by atoms with Crippen LogP contribution < -0.4 is 16.0 Å². The third-order valence-electron chi connectivity index (χ3n) is 3.81. The van der Waals surface area contributed by atoms with Gasteiger partial charge in [-0.05, 0) is 48.5 Å². The van der Waals surface area contributed by atoms with Crippen molar-refractivity contribution in [2.45, 2.75) is 0 Å². The summed E-state index contributed by atoms with van der Waals surface area (Å²) in [6.07, 6.45) is 0. The number of carbonyl (C=O) groups excluding carboxylic acids is 2. The molecule has 0 bridgehead atoms. The van der Waals surface area contributed by atoms with E-state index in [1.54, 1.807) is 24.3 Å². The lowest BCUT2D eigenvalue weighted by molar-refractivity contribution is -0.384. The normalized spacial score (nSPS) is 10.1. The number of carbonyl (C=O) groups is 2. The Balaban J connectivity index is 1.60. The summed E-state index contributed by atoms with van der Waals surface area (Å²) in [5.41, 5.74) is 1.87. The molecule has 3 rings (SSSR count). The number of para-hydroxylation sites is 1. The van der Waals surface area contributed by atoms with Gasteiger partial charge < -0.3 is 16.0 Å². The summed E-state index contributed by atoms with van der Waals surface area (Å²) < 4.78 is 0. The van der Waals surface area contributed by atoms with Crippen LogP contribution in [0.4, 0.5) is 28.4 Å². The average molecular weight is 411 g/mol. The maximum absolute atomic E-state index is 12.1. The highest BCUT2D eigenvalue weighted by molar-refractivity contribution is 6.43. The number of nitrogens with zero attached hydrogens (tertiary/aromatic N) is 1. The van der Waals surface area contributed by atoms with Crippen molar-refractivity contribution < 1.29 is 14.5 Å². The van der Waals surface area contributed by atoms with Crippen LogP contribution in [-0.4, -0.2) is 16.7 Å². The van der Waals surface area contributed by atoms with Crippen molar-refractivity contribution in [3.8, 4) is 0 Å². The second-order valence-electron chi connectivity index (χ2n) is 5.90. The fraction of sp³-hybridized carbons (Fsp3) is 0. The van der Waals surface area contributed by atoms with E-state index in [0.29, 0.717) is 5.69 Å². The molecular formula is C20H15ClN4O4. The molecule has 0 saturated carbocycles. The summed E-state index contributed by atoms with van der Waals surface area (Å²) in [6.45, 7) is 0. The molecule has 0 heterocycles. The summed E-state index contributed by atoms with van der Waals surface area (Å²) >= 11 is 5.72. The van der Waals surface area contributed by atoms with Gasteiger partial charge in [0.05, 0.1) is 4.92 Å². The number of halogens is 1. The summed E-state index contributed by atoms with van der Waals surface area (Å²) in [4.78, 5) is 34.4. The van der Waals surface area contributed by atoms with E-state index < -0.39 is 16.7 Å². The van der Waals surface area contributed by atoms with Crippen LogP contribution in [0.3, 0.4) is 0 Å². The first-order chi connectivity index (χ1) is 13.9. The molecule has 0 spiro atoms. The minimum Gasteiger partial charge on any atom is -0.356 e. The third-order valence-corrected chi connectivity index (χ3v) is 4.13. The standard InChI is InChI=1S/C20H15ClN4O4/c21-17-11-10-16(12-18(17)25(28)29)24-20(27)19(26)23-15-8-6-14(7-9-15)22-13-4-2-1-3-5-13/h1-12,22H,(H,23,26)(H,24,27). The van der Waals surface area contributed by atoms with E-state index >= 15 is 0 Å². The number of anilines is 4. The first-order valence-electron chi connectivity index (χ1n) is 8.41. The number of nitro benzene ring substituents is 1. The quantitative estimate of drug-likeness (QED) is 0.324. The molecule has 3 N–H and O–H groups in total. The highest BCUT2D eigenvalue weighted by Gasteiger charge is 2.17. The number of amides is 2. The van der Waals surface area contributed by atoms with Crippen LogP contribution in [0.25, 0.3) is 0 Å². The predicted octanol–water partition coefficient (Wildman–Crippen LogP) is 4.57. The number of hydrogen-bond donors (Lipinski definition) is 3. The number of benzene rings is 3. The van der Waals surface area contributed by atoms with Gasteiger partial charge >= 0.3 is 11.8 Å². The van der Waals surface area contributed by atoms with Crippen LogP contribution in [0.15, 0.2) is 72.8 Å². The van der Waals surface area contributed by atoms with Gasteiger partial charge in [-0.15, -0.1) is 0 Å². The van der Waals surface area contributed by atoms with Gasteiger partial charge in [-0.1, -0.05) is 29.8 Å². The molecule has 146 valence electrons. The molecule has 0 fully saturated rings. The van der Waals surface area contributed by atoms with Gasteiger partial charge in [0.15, 0.2) is 0 Å². The molecule has 0 aliphatic heterocycles. The van der Waals surface area contributed by atoms with Crippen LogP contribution in [0.2, 0.25) is 5.02 Å². The number of nitrogens with one attached hydrogen (secondary N) is 3. The summed E-state index contributed by atoms with van der Waals surface area (Å²) in [5.74, 6) is -1.88. The molecule has 3 aromatic rings. The molecule has 0 unspecified atom stereocenters. The minimum absolute atomic E-state index is 0.0679. The lowest BCUT2D eigenvalue weighted by Crippen LogP contribution is -2.29. The fourth-order valence-corrected chi connectivity index (χ4v) is 2.62. The monoisotopic (exact) mass is 410 g/mol. The molecule has 29 heavy (non-hydrogen) atoms. The Morgan fingerprint density at radius 3 is 1.90 bits per heavy atom. The Labute approximate surface area is 170 Å². The van der Waals surface area contributed by atoms with Gasteiger partial charge in [0.25, 0.3) is 5.69 Å². The minimum atomic E-state index is -0.965. The summed E-state index contributed by atoms with van der Waals surface area (Å²) in [7, 11) is 0. The van der Waals surface area contributed by atoms with Crippen LogP contribution in [0.1, 0.15) is 0 Å². The fourth-order valence-electron chi connectivity index (χ4n) is 2.43. The van der Waals surface area contributed by atoms with Crippen molar-refractivity contribution in [1.29, 1.82) is 0 Å². The van der Waals surface area contributed by atoms with Crippen molar-refractivity contribution in [2.24, 2.45) is 0 Å². The van der Waals surface area contributed by atoms with Gasteiger partial charge in [0, 0.05) is 28.8 Å². The van der Waals surface area contributed by atoms with E-state index in [-0.39, 0.29) is 16.4 Å². The van der Waals surface area contributed by atoms with Crippen LogP contribution in [0.5, 0.6) is 0 Å². The second kappa shape index (κ2) is 8.85. The average Bonchev–Trinajstić information content (AvgIpc) is 2.71. The van der Waals surface area contributed by atoms with Gasteiger partial charge in [-0.25, -0.2) is 0 Å². The number of hydrogen-bond acceptors (Lipinski definition) is 5. The summed E-state index contributed by atoms with van der Waals surface area (Å²) in [6, 6.07) is 20.1. The van der Waals surface area contributed by atoms with Gasteiger partial charge in [0.2, 0.25) is 0 Å². The largest absolute Gasteiger partial charge is 0.356 e. The molecule has 2 amide bonds. The Morgan fingerprint density at radius 2 is 1.28 bits per heavy atom. The predicted molar refractivity (Wildman–Crippen MR) is 112 cm³/mol. The van der Waals surface area contributed by atoms with Crippen molar-refractivity contribution in [3.05, 3.63) is 87.9 Å². The maximum Gasteiger partial charge on any atom is 0.314 e. The Hall–Kier alpha value is -3.91. The zero-order valence-electron chi connectivity index (χ0n) is 14.9. The third kappa shape index (κ3) is 5.30. The highest BCUT2D eigenvalue weighted by Crippen LogP contribution is 2.27. The Kier molecular flexibility index (Phi) is 6.06. The lowest BCUT2D eigenvalue weighted by Gasteiger charge is -2.09. The second-order valence-corrected chi connectivity index (χ2v) is 6.31. The zero-order chi connectivity index (χ0) is 20.8. The van der Waals surface area contributed by atoms with E-state index in [1.807, 2.05) is 30.3 Å². The molecule has 0 atom stereocenters. The van der Waals surface area contributed by atoms with Gasteiger partial charge in [0.1, 0.15) is 5.02 Å². The molecule has 0 radical (unpaired) electrons. The van der Waals surface area contributed by atoms with E-state index in [9.17, 15) is 19.7 Å². The Morgan fingerprint density at radius 1 is 0.759 bits per heavy atom. The maximum atomic E-state index is 12.1. The van der Waals surface area contributed by atoms with Crippen molar-refractivity contribution in [2.75, 3.05) is 16.0 Å². The van der Waals surface area contributed by atoms with Crippen molar-refractivity contribution in [1.82, 2.24) is 0 Å². The van der Waals surface area contributed by atoms with Gasteiger partial charge in [-0.3, -0.25) is 19.7 Å². The molecule has 8 nitrogen and oxygen atoms in total. The first kappa shape index (κ1) is 19.8. The molecule has 0 aliphatic rings. The lowest BCUT2D eigenvalue weighted by atomic mass is 10.2. The number of nitro groups is 1. The van der Waals surface area contributed by atoms with Gasteiger partial charge in [-0.2, -0.15) is 0 Å². The topological polar surface area (TPSA) is 113 Å². The van der Waals surface area contributed by atoms with E-state index in [2.05, 4.69) is 16.0 Å². The first-order valence-corrected chi connectivity index (χ1v) is 8.78. The van der Waals surface area contributed by atoms with E-state index in [4.69, 9.17) is 11.6 Å². The SMILES string of the molecule is O=C(Nc1ccc(Nc2ccccc2)cc1)C(=O)Nc1ccc(Cl)c([N+](=O)[O-])c1. The number of rotatable bonds is 5. The molecule has 0 aromatic heterocycles. The molecule has 0 saturated heterocycles. The zero-order valence-corrected chi connectivity index (χ0v) is 15.6. The highest BCUT2D eigenvalue weighted by atomic mass is 35.5. The molecule has 0 aliphatic carbocycles. The molecular weight excluding hydrogens is 396 g/mol. The van der Waals surface area contributed by atoms with Crippen molar-refractivity contribution in [3.63, 3.8) is 0 Å². The smallest absolute Gasteiger partial charge is 0.314 e. The molecule has 9 heteroatoms. The van der Waals surface area contributed by atoms with Crippen LogP contribution in [-0.2, 0) is 9.59 Å². The van der Waals surface area contributed by atoms with E-state index in [0.717, 1.165) is 17.4 Å².